The van der Waals surface area contributed by atoms with E-state index in [1.165, 1.54) is 0 Å². The van der Waals surface area contributed by atoms with Crippen molar-refractivity contribution < 1.29 is 14.7 Å². The van der Waals surface area contributed by atoms with E-state index in [9.17, 15) is 14.7 Å². The lowest BCUT2D eigenvalue weighted by Crippen LogP contribution is -2.39. The van der Waals surface area contributed by atoms with Gasteiger partial charge < -0.3 is 10.4 Å². The van der Waals surface area contributed by atoms with Crippen LogP contribution in [0.2, 0.25) is 0 Å². The molecule has 0 bridgehead atoms. The standard InChI is InChI=1S/C16H18BrNO3/c1-10(11-6-4-5-9-14(11)17)18-15(19)12-7-2-3-8-13(12)16(20)21/h2-6,9-10,12-13H,7-8H2,1H3,(H,18,19)(H,20,21)/t10-,12-,13+/m1/s1. The van der Waals surface area contributed by atoms with Gasteiger partial charge in [-0.3, -0.25) is 9.59 Å². The quantitative estimate of drug-likeness (QED) is 0.818. The van der Waals surface area contributed by atoms with E-state index in [1.54, 1.807) is 0 Å². The topological polar surface area (TPSA) is 66.4 Å². The fraction of sp³-hybridized carbons (Fsp3) is 0.375. The molecule has 2 rings (SSSR count). The van der Waals surface area contributed by atoms with Gasteiger partial charge in [0.25, 0.3) is 0 Å². The van der Waals surface area contributed by atoms with Crippen LogP contribution in [0.15, 0.2) is 40.9 Å². The van der Waals surface area contributed by atoms with Crippen LogP contribution in [0.4, 0.5) is 0 Å². The van der Waals surface area contributed by atoms with Crippen LogP contribution in [0.25, 0.3) is 0 Å². The predicted octanol–water partition coefficient (Wildman–Crippen LogP) is 3.29. The Morgan fingerprint density at radius 3 is 2.48 bits per heavy atom. The van der Waals surface area contributed by atoms with Crippen molar-refractivity contribution in [3.63, 3.8) is 0 Å². The molecule has 0 heterocycles. The van der Waals surface area contributed by atoms with Crippen molar-refractivity contribution in [3.8, 4) is 0 Å². The number of carbonyl (C=O) groups excluding carboxylic acids is 1. The average molecular weight is 352 g/mol. The SMILES string of the molecule is C[C@@H](NC(=O)[C@@H]1CC=CC[C@@H]1C(=O)O)c1ccccc1Br. The number of halogens is 1. The Morgan fingerprint density at radius 2 is 1.86 bits per heavy atom. The molecule has 1 aliphatic carbocycles. The third-order valence-corrected chi connectivity index (χ3v) is 4.54. The predicted molar refractivity (Wildman–Crippen MR) is 83.7 cm³/mol. The summed E-state index contributed by atoms with van der Waals surface area (Å²) >= 11 is 3.46. The van der Waals surface area contributed by atoms with Gasteiger partial charge in [0, 0.05) is 4.47 Å². The zero-order chi connectivity index (χ0) is 15.4. The zero-order valence-corrected chi connectivity index (χ0v) is 13.3. The van der Waals surface area contributed by atoms with E-state index in [0.29, 0.717) is 12.8 Å². The average Bonchev–Trinajstić information content (AvgIpc) is 2.47. The molecule has 21 heavy (non-hydrogen) atoms. The van der Waals surface area contributed by atoms with Gasteiger partial charge in [0.05, 0.1) is 17.9 Å². The van der Waals surface area contributed by atoms with Crippen LogP contribution in [-0.4, -0.2) is 17.0 Å². The van der Waals surface area contributed by atoms with Gasteiger partial charge in [-0.05, 0) is 31.4 Å². The summed E-state index contributed by atoms with van der Waals surface area (Å²) in [7, 11) is 0. The molecule has 0 fully saturated rings. The lowest BCUT2D eigenvalue weighted by atomic mass is 9.82. The van der Waals surface area contributed by atoms with Crippen LogP contribution in [0.3, 0.4) is 0 Å². The van der Waals surface area contributed by atoms with Crippen LogP contribution < -0.4 is 5.32 Å². The lowest BCUT2D eigenvalue weighted by Gasteiger charge is -2.26. The highest BCUT2D eigenvalue weighted by atomic mass is 79.9. The number of benzene rings is 1. The summed E-state index contributed by atoms with van der Waals surface area (Å²) in [5.74, 6) is -2.25. The number of allylic oxidation sites excluding steroid dienone is 2. The summed E-state index contributed by atoms with van der Waals surface area (Å²) in [6.07, 6.45) is 4.61. The summed E-state index contributed by atoms with van der Waals surface area (Å²) in [6.45, 7) is 1.90. The minimum atomic E-state index is -0.909. The van der Waals surface area contributed by atoms with Crippen molar-refractivity contribution in [2.45, 2.75) is 25.8 Å². The van der Waals surface area contributed by atoms with Gasteiger partial charge in [-0.25, -0.2) is 0 Å². The molecule has 3 atom stereocenters. The molecule has 112 valence electrons. The Hall–Kier alpha value is -1.62. The minimum Gasteiger partial charge on any atom is -0.481 e. The number of hydrogen-bond acceptors (Lipinski definition) is 2. The first-order valence-corrected chi connectivity index (χ1v) is 7.72. The molecular weight excluding hydrogens is 334 g/mol. The Balaban J connectivity index is 2.08. The molecule has 1 aromatic rings. The highest BCUT2D eigenvalue weighted by Gasteiger charge is 2.34. The minimum absolute atomic E-state index is 0.173. The maximum Gasteiger partial charge on any atom is 0.307 e. The summed E-state index contributed by atoms with van der Waals surface area (Å²) in [5.41, 5.74) is 0.976. The number of rotatable bonds is 4. The number of carboxylic acids is 1. The largest absolute Gasteiger partial charge is 0.481 e. The number of nitrogens with one attached hydrogen (secondary N) is 1. The molecule has 0 radical (unpaired) electrons. The molecule has 0 aromatic heterocycles. The fourth-order valence-electron chi connectivity index (χ4n) is 2.60. The van der Waals surface area contributed by atoms with Crippen molar-refractivity contribution in [2.75, 3.05) is 0 Å². The van der Waals surface area contributed by atoms with Gasteiger partial charge in [-0.15, -0.1) is 0 Å². The smallest absolute Gasteiger partial charge is 0.307 e. The molecule has 0 saturated heterocycles. The maximum atomic E-state index is 12.4. The first-order valence-electron chi connectivity index (χ1n) is 6.93. The molecule has 4 nitrogen and oxygen atoms in total. The Bertz CT molecular complexity index is 570. The Kier molecular flexibility index (Phi) is 5.17. The molecule has 0 spiro atoms. The van der Waals surface area contributed by atoms with E-state index in [2.05, 4.69) is 21.2 Å². The second kappa shape index (κ2) is 6.89. The van der Waals surface area contributed by atoms with Gasteiger partial charge in [-0.1, -0.05) is 46.3 Å². The highest BCUT2D eigenvalue weighted by Crippen LogP contribution is 2.28. The highest BCUT2D eigenvalue weighted by molar-refractivity contribution is 9.10. The second-order valence-electron chi connectivity index (χ2n) is 5.25. The van der Waals surface area contributed by atoms with Gasteiger partial charge >= 0.3 is 5.97 Å². The summed E-state index contributed by atoms with van der Waals surface area (Å²) in [5, 5.41) is 12.2. The number of aliphatic carboxylic acids is 1. The summed E-state index contributed by atoms with van der Waals surface area (Å²) < 4.78 is 0.927. The first-order chi connectivity index (χ1) is 10.0. The van der Waals surface area contributed by atoms with Crippen molar-refractivity contribution in [3.05, 3.63) is 46.5 Å². The number of amides is 1. The van der Waals surface area contributed by atoms with E-state index in [0.717, 1.165) is 10.0 Å². The summed E-state index contributed by atoms with van der Waals surface area (Å²) in [4.78, 5) is 23.6. The van der Waals surface area contributed by atoms with Crippen LogP contribution in [0, 0.1) is 11.8 Å². The molecule has 1 amide bonds. The molecular formula is C16H18BrNO3. The number of carboxylic acid groups (broad SMARTS) is 1. The monoisotopic (exact) mass is 351 g/mol. The van der Waals surface area contributed by atoms with E-state index in [1.807, 2.05) is 43.3 Å². The molecule has 1 aromatic carbocycles. The van der Waals surface area contributed by atoms with Gasteiger partial charge in [-0.2, -0.15) is 0 Å². The third-order valence-electron chi connectivity index (χ3n) is 3.82. The molecule has 0 aliphatic heterocycles. The number of carbonyl (C=O) groups is 2. The van der Waals surface area contributed by atoms with Crippen LogP contribution in [0.1, 0.15) is 31.4 Å². The Labute approximate surface area is 132 Å². The second-order valence-corrected chi connectivity index (χ2v) is 6.10. The lowest BCUT2D eigenvalue weighted by molar-refractivity contribution is -0.147. The van der Waals surface area contributed by atoms with Gasteiger partial charge in [0.1, 0.15) is 0 Å². The van der Waals surface area contributed by atoms with Crippen molar-refractivity contribution in [2.24, 2.45) is 11.8 Å². The van der Waals surface area contributed by atoms with Crippen LogP contribution in [0.5, 0.6) is 0 Å². The molecule has 5 heteroatoms. The van der Waals surface area contributed by atoms with Crippen molar-refractivity contribution >= 4 is 27.8 Å². The van der Waals surface area contributed by atoms with Crippen molar-refractivity contribution in [1.29, 1.82) is 0 Å². The van der Waals surface area contributed by atoms with Crippen LogP contribution in [-0.2, 0) is 9.59 Å². The van der Waals surface area contributed by atoms with E-state index < -0.39 is 17.8 Å². The third kappa shape index (κ3) is 3.73. The maximum absolute atomic E-state index is 12.4. The van der Waals surface area contributed by atoms with Gasteiger partial charge in [0.2, 0.25) is 5.91 Å². The number of hydrogen-bond donors (Lipinski definition) is 2. The fourth-order valence-corrected chi connectivity index (χ4v) is 3.23. The van der Waals surface area contributed by atoms with Gasteiger partial charge in [0.15, 0.2) is 0 Å². The Morgan fingerprint density at radius 1 is 1.24 bits per heavy atom. The normalized spacial score (nSPS) is 22.6. The zero-order valence-electron chi connectivity index (χ0n) is 11.8. The first kappa shape index (κ1) is 15.8. The summed E-state index contributed by atoms with van der Waals surface area (Å²) in [6, 6.07) is 7.50. The van der Waals surface area contributed by atoms with E-state index in [4.69, 9.17) is 0 Å². The molecule has 0 saturated carbocycles. The molecule has 1 aliphatic rings. The van der Waals surface area contributed by atoms with E-state index in [-0.39, 0.29) is 11.9 Å². The van der Waals surface area contributed by atoms with Crippen LogP contribution >= 0.6 is 15.9 Å². The van der Waals surface area contributed by atoms with E-state index >= 15 is 0 Å². The van der Waals surface area contributed by atoms with Crippen molar-refractivity contribution in [1.82, 2.24) is 5.32 Å². The molecule has 0 unspecified atom stereocenters. The molecule has 2 N–H and O–H groups in total.